The number of piperidine rings is 1. The number of carbonyl (C=O) groups excluding carboxylic acids is 2. The van der Waals surface area contributed by atoms with Crippen LogP contribution in [0.5, 0.6) is 0 Å². The Hall–Kier alpha value is -2.01. The number of amides is 2. The summed E-state index contributed by atoms with van der Waals surface area (Å²) in [7, 11) is -3.69. The summed E-state index contributed by atoms with van der Waals surface area (Å²) in [6.45, 7) is 7.41. The van der Waals surface area contributed by atoms with E-state index in [1.54, 1.807) is 12.1 Å². The summed E-state index contributed by atoms with van der Waals surface area (Å²) in [5, 5.41) is 8.01. The van der Waals surface area contributed by atoms with Crippen LogP contribution >= 0.6 is 0 Å². The number of nitrogens with zero attached hydrogens (tertiary/aromatic N) is 3. The van der Waals surface area contributed by atoms with E-state index < -0.39 is 10.0 Å². The van der Waals surface area contributed by atoms with Crippen LogP contribution in [0.4, 0.5) is 0 Å². The molecule has 0 radical (unpaired) electrons. The second-order valence-corrected chi connectivity index (χ2v) is 10.3. The Morgan fingerprint density at radius 2 is 1.62 bits per heavy atom. The number of hydrogen-bond donors (Lipinski definition) is 2. The molecule has 0 aromatic heterocycles. The molecule has 0 spiro atoms. The van der Waals surface area contributed by atoms with Gasteiger partial charge in [-0.1, -0.05) is 12.1 Å². The highest BCUT2D eigenvalue weighted by Gasteiger charge is 2.26. The predicted molar refractivity (Wildman–Crippen MR) is 122 cm³/mol. The fraction of sp³-hybridized carbons (Fsp3) is 0.636. The Bertz CT molecular complexity index is 882. The lowest BCUT2D eigenvalue weighted by molar-refractivity contribution is -0.136. The standard InChI is InChI=1S/C22H35N5O4S/c1-18-4-2-3-11-27(18)22(29)17-26-14-12-25(13-15-26)16-21(28)24-10-9-19-5-7-20(8-6-19)32(23,30)31/h5-8,18H,2-4,9-17H2,1H3,(H,24,28)(H2,23,30,31). The smallest absolute Gasteiger partial charge is 0.238 e. The van der Waals surface area contributed by atoms with Gasteiger partial charge in [0.15, 0.2) is 0 Å². The molecule has 10 heteroatoms. The van der Waals surface area contributed by atoms with Crippen LogP contribution in [-0.4, -0.2) is 93.3 Å². The molecular weight excluding hydrogens is 430 g/mol. The van der Waals surface area contributed by atoms with Crippen LogP contribution in [0.3, 0.4) is 0 Å². The van der Waals surface area contributed by atoms with E-state index in [1.165, 1.54) is 18.6 Å². The average Bonchev–Trinajstić information content (AvgIpc) is 2.75. The van der Waals surface area contributed by atoms with Gasteiger partial charge in [-0.15, -0.1) is 0 Å². The highest BCUT2D eigenvalue weighted by atomic mass is 32.2. The van der Waals surface area contributed by atoms with E-state index in [0.29, 0.717) is 32.1 Å². The first kappa shape index (κ1) is 24.6. The van der Waals surface area contributed by atoms with E-state index in [0.717, 1.165) is 51.1 Å². The largest absolute Gasteiger partial charge is 0.355 e. The summed E-state index contributed by atoms with van der Waals surface area (Å²) in [6, 6.07) is 6.70. The maximum atomic E-state index is 12.6. The highest BCUT2D eigenvalue weighted by molar-refractivity contribution is 7.89. The van der Waals surface area contributed by atoms with Gasteiger partial charge in [0.25, 0.3) is 0 Å². The van der Waals surface area contributed by atoms with Crippen molar-refractivity contribution < 1.29 is 18.0 Å². The summed E-state index contributed by atoms with van der Waals surface area (Å²) >= 11 is 0. The van der Waals surface area contributed by atoms with Crippen LogP contribution in [0.25, 0.3) is 0 Å². The number of likely N-dealkylation sites (tertiary alicyclic amines) is 1. The normalized spacial score (nSPS) is 20.8. The summed E-state index contributed by atoms with van der Waals surface area (Å²) in [4.78, 5) is 31.3. The number of primary sulfonamides is 1. The van der Waals surface area contributed by atoms with Gasteiger partial charge in [0.05, 0.1) is 18.0 Å². The van der Waals surface area contributed by atoms with Crippen LogP contribution < -0.4 is 10.5 Å². The number of carbonyl (C=O) groups is 2. The minimum absolute atomic E-state index is 0.0298. The molecule has 2 heterocycles. The molecule has 1 aromatic rings. The van der Waals surface area contributed by atoms with Gasteiger partial charge in [-0.3, -0.25) is 19.4 Å². The van der Waals surface area contributed by atoms with Crippen LogP contribution in [-0.2, 0) is 26.0 Å². The fourth-order valence-electron chi connectivity index (χ4n) is 4.31. The molecule has 3 N–H and O–H groups in total. The Kier molecular flexibility index (Phi) is 8.64. The van der Waals surface area contributed by atoms with E-state index in [1.807, 2.05) is 4.90 Å². The summed E-state index contributed by atoms with van der Waals surface area (Å²) in [5.41, 5.74) is 0.930. The molecular formula is C22H35N5O4S. The Morgan fingerprint density at radius 3 is 2.22 bits per heavy atom. The van der Waals surface area contributed by atoms with E-state index in [9.17, 15) is 18.0 Å². The van der Waals surface area contributed by atoms with Crippen molar-refractivity contribution in [1.29, 1.82) is 0 Å². The van der Waals surface area contributed by atoms with E-state index in [4.69, 9.17) is 5.14 Å². The molecule has 2 amide bonds. The maximum absolute atomic E-state index is 12.6. The number of hydrogen-bond acceptors (Lipinski definition) is 6. The van der Waals surface area contributed by atoms with E-state index in [-0.39, 0.29) is 16.7 Å². The number of benzene rings is 1. The average molecular weight is 466 g/mol. The maximum Gasteiger partial charge on any atom is 0.238 e. The zero-order chi connectivity index (χ0) is 23.1. The summed E-state index contributed by atoms with van der Waals surface area (Å²) < 4.78 is 22.6. The highest BCUT2D eigenvalue weighted by Crippen LogP contribution is 2.17. The van der Waals surface area contributed by atoms with Crippen molar-refractivity contribution in [2.45, 2.75) is 43.5 Å². The molecule has 2 aliphatic rings. The molecule has 0 saturated carbocycles. The first-order valence-corrected chi connectivity index (χ1v) is 12.9. The second kappa shape index (κ2) is 11.2. The van der Waals surface area contributed by atoms with Gasteiger partial charge < -0.3 is 10.2 Å². The Balaban J connectivity index is 1.32. The molecule has 2 aliphatic heterocycles. The number of piperazine rings is 1. The monoisotopic (exact) mass is 465 g/mol. The van der Waals surface area contributed by atoms with Crippen molar-refractivity contribution in [2.75, 3.05) is 52.4 Å². The Labute approximate surface area is 191 Å². The van der Waals surface area contributed by atoms with Gasteiger partial charge in [-0.25, -0.2) is 13.6 Å². The second-order valence-electron chi connectivity index (χ2n) is 8.77. The third-order valence-electron chi connectivity index (χ3n) is 6.30. The van der Waals surface area contributed by atoms with E-state index in [2.05, 4.69) is 22.0 Å². The first-order chi connectivity index (χ1) is 15.2. The van der Waals surface area contributed by atoms with Crippen molar-refractivity contribution in [3.63, 3.8) is 0 Å². The molecule has 1 unspecified atom stereocenters. The third kappa shape index (κ3) is 7.26. The zero-order valence-electron chi connectivity index (χ0n) is 18.8. The van der Waals surface area contributed by atoms with Gasteiger partial charge in [-0.05, 0) is 50.3 Å². The number of rotatable bonds is 8. The lowest BCUT2D eigenvalue weighted by Crippen LogP contribution is -2.53. The van der Waals surface area contributed by atoms with Gasteiger partial charge in [0.2, 0.25) is 21.8 Å². The summed E-state index contributed by atoms with van der Waals surface area (Å²) in [5.74, 6) is 0.193. The van der Waals surface area contributed by atoms with Crippen molar-refractivity contribution >= 4 is 21.8 Å². The SMILES string of the molecule is CC1CCCCN1C(=O)CN1CCN(CC(=O)NCCc2ccc(S(N)(=O)=O)cc2)CC1. The molecule has 1 atom stereocenters. The predicted octanol–water partition coefficient (Wildman–Crippen LogP) is 0.0113. The number of sulfonamides is 1. The quantitative estimate of drug-likeness (QED) is 0.559. The van der Waals surface area contributed by atoms with Crippen LogP contribution in [0, 0.1) is 0 Å². The molecule has 1 aromatic carbocycles. The van der Waals surface area contributed by atoms with Crippen LogP contribution in [0.15, 0.2) is 29.2 Å². The van der Waals surface area contributed by atoms with Crippen LogP contribution in [0.1, 0.15) is 31.7 Å². The van der Waals surface area contributed by atoms with Crippen molar-refractivity contribution in [3.8, 4) is 0 Å². The van der Waals surface area contributed by atoms with Gasteiger partial charge in [0, 0.05) is 45.3 Å². The lowest BCUT2D eigenvalue weighted by Gasteiger charge is -2.37. The molecule has 32 heavy (non-hydrogen) atoms. The van der Waals surface area contributed by atoms with Crippen molar-refractivity contribution in [3.05, 3.63) is 29.8 Å². The van der Waals surface area contributed by atoms with Crippen molar-refractivity contribution in [2.24, 2.45) is 5.14 Å². The number of nitrogens with two attached hydrogens (primary N) is 1. The molecule has 3 rings (SSSR count). The first-order valence-electron chi connectivity index (χ1n) is 11.3. The molecule has 2 fully saturated rings. The lowest BCUT2D eigenvalue weighted by atomic mass is 10.0. The molecule has 178 valence electrons. The molecule has 2 saturated heterocycles. The van der Waals surface area contributed by atoms with E-state index >= 15 is 0 Å². The Morgan fingerprint density at radius 1 is 1.00 bits per heavy atom. The van der Waals surface area contributed by atoms with Gasteiger partial charge in [0.1, 0.15) is 0 Å². The fourth-order valence-corrected chi connectivity index (χ4v) is 4.82. The molecule has 9 nitrogen and oxygen atoms in total. The summed E-state index contributed by atoms with van der Waals surface area (Å²) in [6.07, 6.45) is 4.01. The van der Waals surface area contributed by atoms with Gasteiger partial charge >= 0.3 is 0 Å². The topological polar surface area (TPSA) is 116 Å². The minimum Gasteiger partial charge on any atom is -0.355 e. The van der Waals surface area contributed by atoms with Crippen LogP contribution in [0.2, 0.25) is 0 Å². The minimum atomic E-state index is -3.69. The molecule has 0 aliphatic carbocycles. The van der Waals surface area contributed by atoms with Gasteiger partial charge in [-0.2, -0.15) is 0 Å². The third-order valence-corrected chi connectivity index (χ3v) is 7.23. The molecule has 0 bridgehead atoms. The zero-order valence-corrected chi connectivity index (χ0v) is 19.6. The number of nitrogens with one attached hydrogen (secondary N) is 1. The van der Waals surface area contributed by atoms with Crippen molar-refractivity contribution in [1.82, 2.24) is 20.0 Å².